The number of hydrogen-bond donors (Lipinski definition) is 2. The highest BCUT2D eigenvalue weighted by molar-refractivity contribution is 5.92. The Balaban J connectivity index is 1.88. The summed E-state index contributed by atoms with van der Waals surface area (Å²) < 4.78 is 5.56. The van der Waals surface area contributed by atoms with E-state index in [4.69, 9.17) is 4.74 Å². The molecule has 0 fully saturated rings. The lowest BCUT2D eigenvalue weighted by Crippen LogP contribution is -2.17. The third-order valence-electron chi connectivity index (χ3n) is 3.60. The average molecular weight is 312 g/mol. The zero-order valence-corrected chi connectivity index (χ0v) is 14.0. The summed E-state index contributed by atoms with van der Waals surface area (Å²) in [7, 11) is 0. The van der Waals surface area contributed by atoms with Crippen LogP contribution in [0.2, 0.25) is 0 Å². The number of carbonyl (C=O) groups excluding carboxylic acids is 1. The summed E-state index contributed by atoms with van der Waals surface area (Å²) >= 11 is 0. The van der Waals surface area contributed by atoms with Gasteiger partial charge < -0.3 is 15.4 Å². The van der Waals surface area contributed by atoms with E-state index >= 15 is 0 Å². The van der Waals surface area contributed by atoms with Crippen LogP contribution < -0.4 is 15.4 Å². The normalized spacial score (nSPS) is 10.2. The minimum Gasteiger partial charge on any atom is -0.492 e. The van der Waals surface area contributed by atoms with Crippen LogP contribution in [-0.2, 0) is 4.79 Å². The van der Waals surface area contributed by atoms with Gasteiger partial charge in [0.1, 0.15) is 5.75 Å². The Labute approximate surface area is 137 Å². The first kappa shape index (κ1) is 16.9. The molecule has 122 valence electrons. The number of rotatable bonds is 7. The summed E-state index contributed by atoms with van der Waals surface area (Å²) in [5, 5.41) is 6.25. The second kappa shape index (κ2) is 8.22. The van der Waals surface area contributed by atoms with Crippen molar-refractivity contribution in [2.75, 3.05) is 23.8 Å². The number of anilines is 2. The Bertz CT molecular complexity index is 648. The number of ether oxygens (including phenoxy) is 1. The summed E-state index contributed by atoms with van der Waals surface area (Å²) in [6.07, 6.45) is 0.397. The van der Waals surface area contributed by atoms with Gasteiger partial charge in [0, 0.05) is 18.7 Å². The lowest BCUT2D eigenvalue weighted by atomic mass is 10.1. The van der Waals surface area contributed by atoms with Crippen LogP contribution in [0.25, 0.3) is 0 Å². The topological polar surface area (TPSA) is 50.4 Å². The van der Waals surface area contributed by atoms with E-state index in [1.54, 1.807) is 0 Å². The van der Waals surface area contributed by atoms with Gasteiger partial charge in [-0.05, 0) is 44.0 Å². The van der Waals surface area contributed by atoms with Gasteiger partial charge in [-0.25, -0.2) is 0 Å². The van der Waals surface area contributed by atoms with Gasteiger partial charge in [-0.1, -0.05) is 30.3 Å². The molecule has 0 atom stereocenters. The Kier molecular flexibility index (Phi) is 6.03. The summed E-state index contributed by atoms with van der Waals surface area (Å²) in [4.78, 5) is 12.1. The van der Waals surface area contributed by atoms with Crippen LogP contribution in [0.4, 0.5) is 11.4 Å². The van der Waals surface area contributed by atoms with Crippen LogP contribution in [0.5, 0.6) is 5.75 Å². The minimum absolute atomic E-state index is 0.00351. The smallest absolute Gasteiger partial charge is 0.226 e. The van der Waals surface area contributed by atoms with Crippen molar-refractivity contribution in [2.24, 2.45) is 0 Å². The summed E-state index contributed by atoms with van der Waals surface area (Å²) in [5.41, 5.74) is 3.97. The number of carbonyl (C=O) groups is 1. The number of nitrogens with one attached hydrogen (secondary N) is 2. The molecule has 0 aromatic heterocycles. The molecule has 0 heterocycles. The van der Waals surface area contributed by atoms with Gasteiger partial charge in [0.25, 0.3) is 0 Å². The fraction of sp³-hybridized carbons (Fsp3) is 0.316. The lowest BCUT2D eigenvalue weighted by Gasteiger charge is -2.13. The Morgan fingerprint density at radius 3 is 2.43 bits per heavy atom. The zero-order valence-electron chi connectivity index (χ0n) is 14.0. The van der Waals surface area contributed by atoms with Gasteiger partial charge in [0.05, 0.1) is 12.3 Å². The highest BCUT2D eigenvalue weighted by Crippen LogP contribution is 2.23. The highest BCUT2D eigenvalue weighted by Gasteiger charge is 2.08. The first-order chi connectivity index (χ1) is 11.1. The van der Waals surface area contributed by atoms with Crippen LogP contribution in [0.15, 0.2) is 42.5 Å². The van der Waals surface area contributed by atoms with Crippen molar-refractivity contribution >= 4 is 17.3 Å². The largest absolute Gasteiger partial charge is 0.492 e. The number of amides is 1. The molecule has 0 radical (unpaired) electrons. The van der Waals surface area contributed by atoms with Gasteiger partial charge in [0.15, 0.2) is 0 Å². The van der Waals surface area contributed by atoms with Crippen molar-refractivity contribution in [1.29, 1.82) is 0 Å². The van der Waals surface area contributed by atoms with Crippen LogP contribution in [-0.4, -0.2) is 19.1 Å². The molecule has 23 heavy (non-hydrogen) atoms. The Hall–Kier alpha value is -2.49. The van der Waals surface area contributed by atoms with Gasteiger partial charge in [0.2, 0.25) is 5.91 Å². The molecule has 0 spiro atoms. The predicted molar refractivity (Wildman–Crippen MR) is 95.3 cm³/mol. The number of para-hydroxylation sites is 3. The SMILES string of the molecule is CCOc1ccccc1NCCC(=O)Nc1c(C)cccc1C. The fourth-order valence-corrected chi connectivity index (χ4v) is 2.42. The lowest BCUT2D eigenvalue weighted by molar-refractivity contribution is -0.115. The molecule has 0 aliphatic heterocycles. The van der Waals surface area contributed by atoms with E-state index in [1.165, 1.54) is 0 Å². The van der Waals surface area contributed by atoms with E-state index in [9.17, 15) is 4.79 Å². The van der Waals surface area contributed by atoms with E-state index in [2.05, 4.69) is 10.6 Å². The molecule has 4 nitrogen and oxygen atoms in total. The van der Waals surface area contributed by atoms with E-state index in [0.717, 1.165) is 28.3 Å². The van der Waals surface area contributed by atoms with Crippen molar-refractivity contribution in [3.05, 3.63) is 53.6 Å². The first-order valence-electron chi connectivity index (χ1n) is 7.93. The third kappa shape index (κ3) is 4.74. The second-order valence-corrected chi connectivity index (χ2v) is 5.42. The van der Waals surface area contributed by atoms with Crippen LogP contribution in [0, 0.1) is 13.8 Å². The van der Waals surface area contributed by atoms with Crippen LogP contribution in [0.3, 0.4) is 0 Å². The molecule has 2 aromatic carbocycles. The monoisotopic (exact) mass is 312 g/mol. The maximum atomic E-state index is 12.1. The molecule has 0 unspecified atom stereocenters. The molecule has 2 rings (SSSR count). The minimum atomic E-state index is 0.00351. The Morgan fingerprint density at radius 2 is 1.74 bits per heavy atom. The van der Waals surface area contributed by atoms with E-state index in [1.807, 2.05) is 63.2 Å². The molecule has 0 saturated carbocycles. The van der Waals surface area contributed by atoms with E-state index < -0.39 is 0 Å². The maximum Gasteiger partial charge on any atom is 0.226 e. The molecule has 2 aromatic rings. The summed E-state index contributed by atoms with van der Waals surface area (Å²) in [5.74, 6) is 0.814. The molecular weight excluding hydrogens is 288 g/mol. The van der Waals surface area contributed by atoms with Crippen molar-refractivity contribution < 1.29 is 9.53 Å². The van der Waals surface area contributed by atoms with Crippen molar-refractivity contribution in [3.63, 3.8) is 0 Å². The summed E-state index contributed by atoms with van der Waals surface area (Å²) in [6.45, 7) is 7.12. The summed E-state index contributed by atoms with van der Waals surface area (Å²) in [6, 6.07) is 13.7. The molecular formula is C19H24N2O2. The van der Waals surface area contributed by atoms with Crippen molar-refractivity contribution in [3.8, 4) is 5.75 Å². The second-order valence-electron chi connectivity index (χ2n) is 5.42. The van der Waals surface area contributed by atoms with E-state index in [0.29, 0.717) is 19.6 Å². The maximum absolute atomic E-state index is 12.1. The highest BCUT2D eigenvalue weighted by atomic mass is 16.5. The van der Waals surface area contributed by atoms with E-state index in [-0.39, 0.29) is 5.91 Å². The van der Waals surface area contributed by atoms with Crippen LogP contribution in [0.1, 0.15) is 24.5 Å². The first-order valence-corrected chi connectivity index (χ1v) is 7.93. The van der Waals surface area contributed by atoms with Gasteiger partial charge >= 0.3 is 0 Å². The molecule has 0 saturated heterocycles. The number of benzene rings is 2. The zero-order chi connectivity index (χ0) is 16.7. The van der Waals surface area contributed by atoms with Crippen LogP contribution >= 0.6 is 0 Å². The molecule has 4 heteroatoms. The van der Waals surface area contributed by atoms with Gasteiger partial charge in [-0.2, -0.15) is 0 Å². The average Bonchev–Trinajstić information content (AvgIpc) is 2.53. The van der Waals surface area contributed by atoms with Crippen molar-refractivity contribution in [1.82, 2.24) is 0 Å². The Morgan fingerprint density at radius 1 is 1.04 bits per heavy atom. The molecule has 1 amide bonds. The van der Waals surface area contributed by atoms with Gasteiger partial charge in [-0.15, -0.1) is 0 Å². The molecule has 2 N–H and O–H groups in total. The number of aryl methyl sites for hydroxylation is 2. The third-order valence-corrected chi connectivity index (χ3v) is 3.60. The molecule has 0 aliphatic rings. The number of hydrogen-bond acceptors (Lipinski definition) is 3. The quantitative estimate of drug-likeness (QED) is 0.808. The van der Waals surface area contributed by atoms with Gasteiger partial charge in [-0.3, -0.25) is 4.79 Å². The predicted octanol–water partition coefficient (Wildman–Crippen LogP) is 4.14. The van der Waals surface area contributed by atoms with Crippen molar-refractivity contribution in [2.45, 2.75) is 27.2 Å². The molecule has 0 bridgehead atoms. The standard InChI is InChI=1S/C19H24N2O2/c1-4-23-17-11-6-5-10-16(17)20-13-12-18(22)21-19-14(2)8-7-9-15(19)3/h5-11,20H,4,12-13H2,1-3H3,(H,21,22). The molecule has 0 aliphatic carbocycles. The fourth-order valence-electron chi connectivity index (χ4n) is 2.42.